The van der Waals surface area contributed by atoms with E-state index in [1.54, 1.807) is 24.4 Å². The number of hydrogen-bond donors (Lipinski definition) is 2. The average Bonchev–Trinajstić information content (AvgIpc) is 3.51. The van der Waals surface area contributed by atoms with E-state index in [0.29, 0.717) is 4.88 Å². The number of thiophene rings is 2. The Morgan fingerprint density at radius 3 is 2.66 bits per heavy atom. The molecule has 0 aliphatic rings. The number of anilines is 1. The molecule has 0 atom stereocenters. The second-order valence-corrected chi connectivity index (χ2v) is 9.54. The lowest BCUT2D eigenvalue weighted by molar-refractivity contribution is 0.0531. The molecular formula is C21H16ClF2N5O4S2. The van der Waals surface area contributed by atoms with Gasteiger partial charge in [0, 0.05) is 6.07 Å². The van der Waals surface area contributed by atoms with Crippen molar-refractivity contribution < 1.29 is 27.9 Å². The lowest BCUT2D eigenvalue weighted by atomic mass is 10.1. The summed E-state index contributed by atoms with van der Waals surface area (Å²) in [6, 6.07) is 5.74. The number of alkyl halides is 3. The van der Waals surface area contributed by atoms with Crippen LogP contribution < -0.4 is 11.1 Å². The molecule has 4 aromatic rings. The van der Waals surface area contributed by atoms with Gasteiger partial charge in [0.1, 0.15) is 15.6 Å². The van der Waals surface area contributed by atoms with Gasteiger partial charge < -0.3 is 15.8 Å². The molecule has 14 heteroatoms. The van der Waals surface area contributed by atoms with Crippen molar-refractivity contribution >= 4 is 62.7 Å². The number of rotatable bonds is 7. The summed E-state index contributed by atoms with van der Waals surface area (Å²) in [5.74, 6) is -2.38. The summed E-state index contributed by atoms with van der Waals surface area (Å²) in [5.41, 5.74) is 4.87. The number of nitrogens with zero attached hydrogens (tertiary/aromatic N) is 3. The van der Waals surface area contributed by atoms with Gasteiger partial charge in [0.2, 0.25) is 0 Å². The van der Waals surface area contributed by atoms with Gasteiger partial charge in [-0.05, 0) is 48.5 Å². The molecule has 0 aromatic carbocycles. The highest BCUT2D eigenvalue weighted by Gasteiger charge is 2.34. The maximum atomic E-state index is 14.2. The molecule has 9 nitrogen and oxygen atoms in total. The van der Waals surface area contributed by atoms with Crippen molar-refractivity contribution in [3.8, 4) is 10.6 Å². The number of primary amides is 1. The van der Waals surface area contributed by atoms with Crippen LogP contribution in [0.25, 0.3) is 16.2 Å². The minimum Gasteiger partial charge on any atom is -0.462 e. The Bertz CT molecular complexity index is 1460. The van der Waals surface area contributed by atoms with Gasteiger partial charge in [-0.25, -0.2) is 14.3 Å². The Hall–Kier alpha value is -3.42. The van der Waals surface area contributed by atoms with Crippen molar-refractivity contribution in [3.05, 3.63) is 57.0 Å². The number of ether oxygens (including phenoxy) is 1. The summed E-state index contributed by atoms with van der Waals surface area (Å²) < 4.78 is 34.1. The largest absolute Gasteiger partial charge is 0.462 e. The zero-order valence-corrected chi connectivity index (χ0v) is 20.5. The van der Waals surface area contributed by atoms with Gasteiger partial charge in [-0.3, -0.25) is 9.59 Å². The Morgan fingerprint density at radius 1 is 1.31 bits per heavy atom. The fourth-order valence-electron chi connectivity index (χ4n) is 3.29. The maximum Gasteiger partial charge on any atom is 0.364 e. The molecule has 0 aliphatic carbocycles. The van der Waals surface area contributed by atoms with Crippen LogP contribution in [0.1, 0.15) is 48.7 Å². The van der Waals surface area contributed by atoms with Crippen LogP contribution in [-0.4, -0.2) is 39.0 Å². The lowest BCUT2D eigenvalue weighted by Gasteiger charge is -2.11. The molecule has 182 valence electrons. The fourth-order valence-corrected chi connectivity index (χ4v) is 5.22. The van der Waals surface area contributed by atoms with Crippen LogP contribution >= 0.6 is 34.3 Å². The standard InChI is InChI=1S/C21H16ClF2N5O4S2/c1-3-33-20(32)16-9(2)15(17(25)30)19(35-16)27-18(31)11-8-14-26-10(12-5-4-6-34-12)7-13(21(22,23)24)29(14)28-11/h4-8H,3H2,1-2H3,(H2,25,30)(H,27,31). The molecule has 35 heavy (non-hydrogen) atoms. The van der Waals surface area contributed by atoms with Crippen LogP contribution in [0.4, 0.5) is 13.8 Å². The summed E-state index contributed by atoms with van der Waals surface area (Å²) in [6.07, 6.45) is 0. The zero-order valence-electron chi connectivity index (χ0n) is 18.1. The minimum atomic E-state index is -3.80. The summed E-state index contributed by atoms with van der Waals surface area (Å²) in [6.45, 7) is 3.23. The van der Waals surface area contributed by atoms with E-state index in [4.69, 9.17) is 22.1 Å². The van der Waals surface area contributed by atoms with Gasteiger partial charge in [-0.15, -0.1) is 22.7 Å². The van der Waals surface area contributed by atoms with Crippen LogP contribution in [0, 0.1) is 6.92 Å². The van der Waals surface area contributed by atoms with Crippen molar-refractivity contribution in [2.75, 3.05) is 11.9 Å². The molecule has 4 rings (SSSR count). The van der Waals surface area contributed by atoms with Crippen molar-refractivity contribution in [3.63, 3.8) is 0 Å². The number of fused-ring (bicyclic) bond motifs is 1. The van der Waals surface area contributed by atoms with Crippen molar-refractivity contribution in [1.29, 1.82) is 0 Å². The van der Waals surface area contributed by atoms with Gasteiger partial charge in [-0.2, -0.15) is 13.9 Å². The number of halogens is 3. The predicted molar refractivity (Wildman–Crippen MR) is 128 cm³/mol. The van der Waals surface area contributed by atoms with E-state index >= 15 is 0 Å². The third-order valence-corrected chi connectivity index (χ3v) is 7.08. The Labute approximate surface area is 209 Å². The number of hydrogen-bond acceptors (Lipinski definition) is 8. The van der Waals surface area contributed by atoms with E-state index in [-0.39, 0.29) is 44.6 Å². The highest BCUT2D eigenvalue weighted by molar-refractivity contribution is 7.18. The number of amides is 2. The van der Waals surface area contributed by atoms with Crippen LogP contribution in [0.2, 0.25) is 0 Å². The van der Waals surface area contributed by atoms with Gasteiger partial charge in [-0.1, -0.05) is 6.07 Å². The summed E-state index contributed by atoms with van der Waals surface area (Å²) in [5, 5.41) is 4.38. The Balaban J connectivity index is 1.75. The molecule has 4 aromatic heterocycles. The van der Waals surface area contributed by atoms with Gasteiger partial charge in [0.05, 0.1) is 22.7 Å². The molecular weight excluding hydrogens is 524 g/mol. The van der Waals surface area contributed by atoms with Gasteiger partial charge in [0.25, 0.3) is 11.8 Å². The molecule has 3 N–H and O–H groups in total. The third kappa shape index (κ3) is 4.74. The summed E-state index contributed by atoms with van der Waals surface area (Å²) in [7, 11) is 0. The van der Waals surface area contributed by atoms with E-state index < -0.39 is 28.9 Å². The quantitative estimate of drug-likeness (QED) is 0.260. The van der Waals surface area contributed by atoms with Crippen molar-refractivity contribution in [1.82, 2.24) is 14.6 Å². The molecule has 0 fully saturated rings. The highest BCUT2D eigenvalue weighted by Crippen LogP contribution is 2.36. The molecule has 0 bridgehead atoms. The van der Waals surface area contributed by atoms with Crippen LogP contribution in [0.3, 0.4) is 0 Å². The number of nitrogens with two attached hydrogens (primary N) is 1. The highest BCUT2D eigenvalue weighted by atomic mass is 35.5. The second-order valence-electron chi connectivity index (χ2n) is 7.10. The first-order chi connectivity index (χ1) is 16.5. The van der Waals surface area contributed by atoms with Crippen molar-refractivity contribution in [2.45, 2.75) is 19.2 Å². The number of aromatic nitrogens is 3. The number of carbonyl (C=O) groups excluding carboxylic acids is 3. The van der Waals surface area contributed by atoms with Crippen LogP contribution in [-0.2, 0) is 10.1 Å². The maximum absolute atomic E-state index is 14.2. The SMILES string of the molecule is CCOC(=O)c1sc(NC(=O)c2cc3nc(-c4cccs4)cc(C(F)(F)Cl)n3n2)c(C(N)=O)c1C. The number of esters is 1. The van der Waals surface area contributed by atoms with Gasteiger partial charge in [0.15, 0.2) is 11.3 Å². The fraction of sp³-hybridized carbons (Fsp3) is 0.190. The second kappa shape index (κ2) is 9.32. The van der Waals surface area contributed by atoms with E-state index in [1.807, 2.05) is 0 Å². The number of nitrogens with one attached hydrogen (secondary N) is 1. The molecule has 0 saturated carbocycles. The first-order valence-electron chi connectivity index (χ1n) is 9.94. The Kier molecular flexibility index (Phi) is 6.58. The molecule has 0 radical (unpaired) electrons. The minimum absolute atomic E-state index is 0.00441. The molecule has 4 heterocycles. The molecule has 2 amide bonds. The van der Waals surface area contributed by atoms with E-state index in [1.165, 1.54) is 24.3 Å². The van der Waals surface area contributed by atoms with Gasteiger partial charge >= 0.3 is 11.4 Å². The predicted octanol–water partition coefficient (Wildman–Crippen LogP) is 4.64. The van der Waals surface area contributed by atoms with E-state index in [9.17, 15) is 23.2 Å². The van der Waals surface area contributed by atoms with E-state index in [2.05, 4.69) is 15.4 Å². The van der Waals surface area contributed by atoms with Crippen LogP contribution in [0.5, 0.6) is 0 Å². The van der Waals surface area contributed by atoms with E-state index in [0.717, 1.165) is 21.9 Å². The monoisotopic (exact) mass is 539 g/mol. The molecule has 0 spiro atoms. The Morgan fingerprint density at radius 2 is 2.06 bits per heavy atom. The first-order valence-corrected chi connectivity index (χ1v) is 12.0. The smallest absolute Gasteiger partial charge is 0.364 e. The third-order valence-electron chi connectivity index (χ3n) is 4.80. The zero-order chi connectivity index (χ0) is 25.5. The lowest BCUT2D eigenvalue weighted by Crippen LogP contribution is -2.18. The summed E-state index contributed by atoms with van der Waals surface area (Å²) in [4.78, 5) is 42.2. The van der Waals surface area contributed by atoms with Crippen LogP contribution in [0.15, 0.2) is 29.6 Å². The normalized spacial score (nSPS) is 11.6. The first kappa shape index (κ1) is 24.7. The molecule has 0 aliphatic heterocycles. The average molecular weight is 540 g/mol. The molecule has 0 unspecified atom stereocenters. The van der Waals surface area contributed by atoms with Crippen molar-refractivity contribution in [2.24, 2.45) is 5.73 Å². The summed E-state index contributed by atoms with van der Waals surface area (Å²) >= 11 is 7.40. The number of carbonyl (C=O) groups is 3. The topological polar surface area (TPSA) is 129 Å². The molecule has 0 saturated heterocycles.